The summed E-state index contributed by atoms with van der Waals surface area (Å²) < 4.78 is 69.4. The quantitative estimate of drug-likeness (QED) is 0.285. The molecule has 0 aliphatic heterocycles. The zero-order valence-electron chi connectivity index (χ0n) is 16.7. The molecule has 0 aliphatic carbocycles. The molecular formula is C23H16F4O6. The predicted molar refractivity (Wildman–Crippen MR) is 109 cm³/mol. The van der Waals surface area contributed by atoms with Gasteiger partial charge in [-0.3, -0.25) is 0 Å². The summed E-state index contributed by atoms with van der Waals surface area (Å²) in [5.41, 5.74) is 0.264. The highest BCUT2D eigenvalue weighted by Gasteiger charge is 2.31. The van der Waals surface area contributed by atoms with Gasteiger partial charge in [0.05, 0.1) is 5.56 Å². The monoisotopic (exact) mass is 464 g/mol. The van der Waals surface area contributed by atoms with Crippen LogP contribution < -0.4 is 18.9 Å². The van der Waals surface area contributed by atoms with Gasteiger partial charge < -0.3 is 24.1 Å². The van der Waals surface area contributed by atoms with Gasteiger partial charge >= 0.3 is 12.3 Å². The molecule has 0 aliphatic rings. The lowest BCUT2D eigenvalue weighted by Gasteiger charge is -2.15. The molecule has 0 fully saturated rings. The number of alkyl halides is 4. The summed E-state index contributed by atoms with van der Waals surface area (Å²) in [6.07, 6.45) is -2.68. The van der Waals surface area contributed by atoms with Crippen LogP contribution >= 0.6 is 0 Å². The molecular weight excluding hydrogens is 448 g/mol. The van der Waals surface area contributed by atoms with E-state index in [0.717, 1.165) is 18.2 Å². The molecule has 0 spiro atoms. The normalized spacial score (nSPS) is 11.3. The number of halogens is 4. The van der Waals surface area contributed by atoms with Crippen LogP contribution in [0.25, 0.3) is 6.08 Å². The first-order chi connectivity index (χ1) is 15.7. The summed E-state index contributed by atoms with van der Waals surface area (Å²) >= 11 is 0. The first kappa shape index (κ1) is 23.5. The standard InChI is InChI=1S/C23H16F4O6/c24-14-30-15-4-6-16(7-5-15)31-20-2-1-3-21(19(20)12-13-22(28)29)32-17-8-10-18(11-9-17)33-23(25,26)27/h1-13H,14H2,(H,28,29)/b13-12+. The molecule has 0 heterocycles. The smallest absolute Gasteiger partial charge is 0.478 e. The Bertz CT molecular complexity index is 1110. The van der Waals surface area contributed by atoms with Crippen molar-refractivity contribution in [3.63, 3.8) is 0 Å². The van der Waals surface area contributed by atoms with Gasteiger partial charge in [0, 0.05) is 6.08 Å². The highest BCUT2D eigenvalue weighted by atomic mass is 19.4. The average molecular weight is 464 g/mol. The minimum absolute atomic E-state index is 0.180. The van der Waals surface area contributed by atoms with Crippen molar-refractivity contribution in [3.05, 3.63) is 78.4 Å². The Morgan fingerprint density at radius 1 is 0.818 bits per heavy atom. The van der Waals surface area contributed by atoms with Crippen LogP contribution in [0, 0.1) is 0 Å². The third-order valence-electron chi connectivity index (χ3n) is 3.98. The van der Waals surface area contributed by atoms with E-state index in [1.807, 2.05) is 0 Å². The summed E-state index contributed by atoms with van der Waals surface area (Å²) in [6, 6.07) is 15.4. The fraction of sp³-hybridized carbons (Fsp3) is 0.0870. The largest absolute Gasteiger partial charge is 0.573 e. The Labute approximate surface area is 185 Å². The molecule has 10 heteroatoms. The van der Waals surface area contributed by atoms with Crippen LogP contribution in [0.1, 0.15) is 5.56 Å². The molecule has 0 saturated heterocycles. The van der Waals surface area contributed by atoms with E-state index in [1.54, 1.807) is 12.1 Å². The van der Waals surface area contributed by atoms with Crippen molar-refractivity contribution in [1.82, 2.24) is 0 Å². The molecule has 6 nitrogen and oxygen atoms in total. The average Bonchev–Trinajstić information content (AvgIpc) is 2.75. The zero-order chi connectivity index (χ0) is 23.8. The molecule has 0 atom stereocenters. The Hall–Kier alpha value is -4.21. The number of carboxylic acid groups (broad SMARTS) is 1. The molecule has 3 aromatic rings. The molecule has 0 aromatic heterocycles. The molecule has 0 radical (unpaired) electrons. The third kappa shape index (κ3) is 7.17. The minimum atomic E-state index is -4.82. The van der Waals surface area contributed by atoms with Gasteiger partial charge in [0.15, 0.2) is 0 Å². The van der Waals surface area contributed by atoms with Gasteiger partial charge in [-0.15, -0.1) is 13.2 Å². The molecule has 3 rings (SSSR count). The molecule has 3 aromatic carbocycles. The maximum Gasteiger partial charge on any atom is 0.573 e. The summed E-state index contributed by atoms with van der Waals surface area (Å²) in [5, 5.41) is 9.02. The predicted octanol–water partition coefficient (Wildman–Crippen LogP) is 6.57. The van der Waals surface area contributed by atoms with Crippen LogP contribution in [0.5, 0.6) is 34.5 Å². The van der Waals surface area contributed by atoms with E-state index in [4.69, 9.17) is 19.3 Å². The first-order valence-corrected chi connectivity index (χ1v) is 9.28. The SMILES string of the molecule is O=C(O)/C=C/c1c(Oc2ccc(OCF)cc2)cccc1Oc1ccc(OC(F)(F)F)cc1. The Morgan fingerprint density at radius 2 is 1.30 bits per heavy atom. The van der Waals surface area contributed by atoms with Crippen LogP contribution in [0.4, 0.5) is 17.6 Å². The maximum atomic E-state index is 12.3. The van der Waals surface area contributed by atoms with Gasteiger partial charge in [0.2, 0.25) is 6.86 Å². The van der Waals surface area contributed by atoms with Crippen molar-refractivity contribution in [2.75, 3.05) is 6.86 Å². The molecule has 1 N–H and O–H groups in total. The van der Waals surface area contributed by atoms with Gasteiger partial charge in [-0.25, -0.2) is 9.18 Å². The zero-order valence-corrected chi connectivity index (χ0v) is 16.7. The highest BCUT2D eigenvalue weighted by Crippen LogP contribution is 2.36. The second-order valence-electron chi connectivity index (χ2n) is 6.29. The number of carbonyl (C=O) groups is 1. The maximum absolute atomic E-state index is 12.3. The van der Waals surface area contributed by atoms with Gasteiger partial charge in [-0.2, -0.15) is 0 Å². The Kier molecular flexibility index (Phi) is 7.39. The van der Waals surface area contributed by atoms with E-state index in [0.29, 0.717) is 11.5 Å². The number of rotatable bonds is 9. The molecule has 33 heavy (non-hydrogen) atoms. The summed E-state index contributed by atoms with van der Waals surface area (Å²) in [4.78, 5) is 11.0. The lowest BCUT2D eigenvalue weighted by Crippen LogP contribution is -2.16. The van der Waals surface area contributed by atoms with Crippen molar-refractivity contribution in [1.29, 1.82) is 0 Å². The second-order valence-corrected chi connectivity index (χ2v) is 6.29. The van der Waals surface area contributed by atoms with Crippen molar-refractivity contribution < 1.29 is 46.4 Å². The third-order valence-corrected chi connectivity index (χ3v) is 3.98. The fourth-order valence-corrected chi connectivity index (χ4v) is 2.65. The molecule has 172 valence electrons. The Balaban J connectivity index is 1.87. The van der Waals surface area contributed by atoms with Gasteiger partial charge in [0.1, 0.15) is 34.5 Å². The minimum Gasteiger partial charge on any atom is -0.478 e. The van der Waals surface area contributed by atoms with Crippen LogP contribution in [-0.4, -0.2) is 24.3 Å². The van der Waals surface area contributed by atoms with Gasteiger partial charge in [-0.05, 0) is 66.7 Å². The number of aliphatic carboxylic acids is 1. The number of hydrogen-bond donors (Lipinski definition) is 1. The first-order valence-electron chi connectivity index (χ1n) is 9.28. The Morgan fingerprint density at radius 3 is 1.76 bits per heavy atom. The number of carboxylic acids is 1. The summed E-state index contributed by atoms with van der Waals surface area (Å²) in [5.74, 6) is -0.370. The fourth-order valence-electron chi connectivity index (χ4n) is 2.65. The summed E-state index contributed by atoms with van der Waals surface area (Å²) in [7, 11) is 0. The molecule has 0 amide bonds. The van der Waals surface area contributed by atoms with Crippen molar-refractivity contribution in [3.8, 4) is 34.5 Å². The molecule has 0 unspecified atom stereocenters. The van der Waals surface area contributed by atoms with Crippen molar-refractivity contribution >= 4 is 12.0 Å². The van der Waals surface area contributed by atoms with Crippen LogP contribution in [0.3, 0.4) is 0 Å². The van der Waals surface area contributed by atoms with Crippen LogP contribution in [0.15, 0.2) is 72.8 Å². The van der Waals surface area contributed by atoms with E-state index in [1.165, 1.54) is 48.5 Å². The van der Waals surface area contributed by atoms with Crippen molar-refractivity contribution in [2.24, 2.45) is 0 Å². The van der Waals surface area contributed by atoms with E-state index >= 15 is 0 Å². The lowest BCUT2D eigenvalue weighted by molar-refractivity contribution is -0.274. The van der Waals surface area contributed by atoms with E-state index < -0.39 is 24.9 Å². The van der Waals surface area contributed by atoms with E-state index in [9.17, 15) is 22.4 Å². The molecule has 0 saturated carbocycles. The number of hydrogen-bond acceptors (Lipinski definition) is 5. The lowest BCUT2D eigenvalue weighted by atomic mass is 10.1. The number of benzene rings is 3. The topological polar surface area (TPSA) is 74.2 Å². The van der Waals surface area contributed by atoms with E-state index in [2.05, 4.69) is 4.74 Å². The van der Waals surface area contributed by atoms with Crippen LogP contribution in [-0.2, 0) is 4.79 Å². The summed E-state index contributed by atoms with van der Waals surface area (Å²) in [6.45, 7) is -0.979. The second kappa shape index (κ2) is 10.4. The van der Waals surface area contributed by atoms with Gasteiger partial charge in [-0.1, -0.05) is 6.07 Å². The van der Waals surface area contributed by atoms with Crippen molar-refractivity contribution in [2.45, 2.75) is 6.36 Å². The van der Waals surface area contributed by atoms with Crippen LogP contribution in [0.2, 0.25) is 0 Å². The molecule has 0 bridgehead atoms. The van der Waals surface area contributed by atoms with Gasteiger partial charge in [0.25, 0.3) is 0 Å². The van der Waals surface area contributed by atoms with E-state index in [-0.39, 0.29) is 22.8 Å². The number of ether oxygens (including phenoxy) is 4. The highest BCUT2D eigenvalue weighted by molar-refractivity contribution is 5.86.